The number of nitriles is 1. The summed E-state index contributed by atoms with van der Waals surface area (Å²) in [7, 11) is 0. The van der Waals surface area contributed by atoms with Gasteiger partial charge in [0, 0.05) is 11.4 Å². The van der Waals surface area contributed by atoms with Gasteiger partial charge in [-0.3, -0.25) is 0 Å². The first-order valence-electron chi connectivity index (χ1n) is 9.39. The van der Waals surface area contributed by atoms with Crippen molar-refractivity contribution in [3.63, 3.8) is 0 Å². The van der Waals surface area contributed by atoms with Crippen molar-refractivity contribution in [2.45, 2.75) is 31.6 Å². The molecule has 1 aliphatic rings. The van der Waals surface area contributed by atoms with Gasteiger partial charge in [-0.15, -0.1) is 11.8 Å². The molecule has 2 aromatic carbocycles. The monoisotopic (exact) mass is 403 g/mol. The van der Waals surface area contributed by atoms with Crippen molar-refractivity contribution in [1.82, 2.24) is 9.97 Å². The number of nitrogen functional groups attached to an aromatic ring is 1. The molecule has 0 radical (unpaired) electrons. The third-order valence-corrected chi connectivity index (χ3v) is 5.86. The third-order valence-electron chi connectivity index (χ3n) is 4.66. The van der Waals surface area contributed by atoms with Crippen LogP contribution in [-0.2, 0) is 6.42 Å². The van der Waals surface area contributed by atoms with Crippen LogP contribution >= 0.6 is 11.8 Å². The van der Waals surface area contributed by atoms with E-state index in [9.17, 15) is 5.26 Å². The maximum Gasteiger partial charge on any atom is 0.238 e. The second-order valence-electron chi connectivity index (χ2n) is 6.98. The van der Waals surface area contributed by atoms with Gasteiger partial charge in [0.2, 0.25) is 11.8 Å². The van der Waals surface area contributed by atoms with Crippen LogP contribution in [0, 0.1) is 25.2 Å². The van der Waals surface area contributed by atoms with Gasteiger partial charge < -0.3 is 15.8 Å². The van der Waals surface area contributed by atoms with Crippen LogP contribution in [0.25, 0.3) is 0 Å². The number of fused-ring (bicyclic) bond motifs is 1. The van der Waals surface area contributed by atoms with E-state index < -0.39 is 0 Å². The Bertz CT molecular complexity index is 1080. The highest BCUT2D eigenvalue weighted by molar-refractivity contribution is 7.99. The number of ether oxygens (including phenoxy) is 1. The summed E-state index contributed by atoms with van der Waals surface area (Å²) in [6.07, 6.45) is 1.97. The summed E-state index contributed by atoms with van der Waals surface area (Å²) >= 11 is 1.72. The van der Waals surface area contributed by atoms with E-state index in [1.165, 1.54) is 0 Å². The van der Waals surface area contributed by atoms with Gasteiger partial charge >= 0.3 is 0 Å². The Morgan fingerprint density at radius 1 is 1.14 bits per heavy atom. The molecule has 3 aromatic rings. The number of nitrogens with one attached hydrogen (secondary N) is 1. The highest BCUT2D eigenvalue weighted by atomic mass is 32.2. The smallest absolute Gasteiger partial charge is 0.238 e. The second kappa shape index (κ2) is 8.02. The quantitative estimate of drug-likeness (QED) is 0.583. The molecule has 0 fully saturated rings. The maximum absolute atomic E-state index is 9.19. The standard InChI is InChI=1S/C22H21N5OS/c1-13-10-15(12-23)11-14(2)19(13)28-21-20-18(4-3-9-29-20)26-22(27-21)25-17-7-5-16(24)6-8-17/h5-8,10-11H,3-4,9,24H2,1-2H3,(H,25,26,27). The van der Waals surface area contributed by atoms with Crippen LogP contribution < -0.4 is 15.8 Å². The Kier molecular flexibility index (Phi) is 5.28. The molecule has 3 N–H and O–H groups in total. The summed E-state index contributed by atoms with van der Waals surface area (Å²) in [5.41, 5.74) is 10.8. The summed E-state index contributed by atoms with van der Waals surface area (Å²) in [6, 6.07) is 13.3. The summed E-state index contributed by atoms with van der Waals surface area (Å²) in [6.45, 7) is 3.88. The molecule has 1 aromatic heterocycles. The van der Waals surface area contributed by atoms with Crippen LogP contribution in [0.2, 0.25) is 0 Å². The molecular formula is C22H21N5OS. The molecule has 2 heterocycles. The number of nitrogens with two attached hydrogens (primary N) is 1. The Hall–Kier alpha value is -3.24. The lowest BCUT2D eigenvalue weighted by atomic mass is 10.1. The average Bonchev–Trinajstić information content (AvgIpc) is 2.72. The number of aryl methyl sites for hydroxylation is 3. The molecule has 6 nitrogen and oxygen atoms in total. The van der Waals surface area contributed by atoms with Gasteiger partial charge in [0.1, 0.15) is 5.75 Å². The molecule has 0 aliphatic carbocycles. The van der Waals surface area contributed by atoms with Crippen LogP contribution in [0.15, 0.2) is 41.3 Å². The van der Waals surface area contributed by atoms with E-state index in [0.717, 1.165) is 51.7 Å². The molecule has 0 unspecified atom stereocenters. The van der Waals surface area contributed by atoms with Crippen molar-refractivity contribution < 1.29 is 4.74 Å². The molecule has 0 saturated heterocycles. The normalized spacial score (nSPS) is 12.7. The number of hydrogen-bond donors (Lipinski definition) is 2. The highest BCUT2D eigenvalue weighted by Crippen LogP contribution is 2.40. The average molecular weight is 404 g/mol. The van der Waals surface area contributed by atoms with Gasteiger partial charge in [-0.2, -0.15) is 10.2 Å². The first kappa shape index (κ1) is 19.1. The first-order chi connectivity index (χ1) is 14.0. The Labute approximate surface area is 174 Å². The molecule has 0 amide bonds. The Morgan fingerprint density at radius 2 is 1.86 bits per heavy atom. The Balaban J connectivity index is 1.72. The minimum Gasteiger partial charge on any atom is -0.437 e. The number of aromatic nitrogens is 2. The summed E-state index contributed by atoms with van der Waals surface area (Å²) < 4.78 is 6.29. The van der Waals surface area contributed by atoms with E-state index in [1.54, 1.807) is 11.8 Å². The van der Waals surface area contributed by atoms with Crippen molar-refractivity contribution in [1.29, 1.82) is 5.26 Å². The first-order valence-corrected chi connectivity index (χ1v) is 10.4. The van der Waals surface area contributed by atoms with Crippen molar-refractivity contribution in [2.75, 3.05) is 16.8 Å². The minimum absolute atomic E-state index is 0.495. The number of rotatable bonds is 4. The van der Waals surface area contributed by atoms with Crippen LogP contribution in [-0.4, -0.2) is 15.7 Å². The van der Waals surface area contributed by atoms with Crippen LogP contribution in [0.4, 0.5) is 17.3 Å². The predicted molar refractivity (Wildman–Crippen MR) is 116 cm³/mol. The minimum atomic E-state index is 0.495. The van der Waals surface area contributed by atoms with E-state index in [0.29, 0.717) is 23.1 Å². The number of benzene rings is 2. The zero-order valence-corrected chi connectivity index (χ0v) is 17.1. The molecule has 29 heavy (non-hydrogen) atoms. The van der Waals surface area contributed by atoms with E-state index in [4.69, 9.17) is 15.5 Å². The van der Waals surface area contributed by atoms with Gasteiger partial charge in [0.25, 0.3) is 0 Å². The lowest BCUT2D eigenvalue weighted by Crippen LogP contribution is -2.09. The fourth-order valence-electron chi connectivity index (χ4n) is 3.30. The van der Waals surface area contributed by atoms with Crippen LogP contribution in [0.3, 0.4) is 0 Å². The molecule has 7 heteroatoms. The van der Waals surface area contributed by atoms with Crippen LogP contribution in [0.5, 0.6) is 11.6 Å². The summed E-state index contributed by atoms with van der Waals surface area (Å²) in [5, 5.41) is 12.4. The summed E-state index contributed by atoms with van der Waals surface area (Å²) in [4.78, 5) is 10.4. The van der Waals surface area contributed by atoms with E-state index in [1.807, 2.05) is 50.2 Å². The highest BCUT2D eigenvalue weighted by Gasteiger charge is 2.21. The molecule has 4 rings (SSSR count). The third kappa shape index (κ3) is 4.13. The lowest BCUT2D eigenvalue weighted by Gasteiger charge is -2.20. The lowest BCUT2D eigenvalue weighted by molar-refractivity contribution is 0.440. The predicted octanol–water partition coefficient (Wildman–Crippen LogP) is 5.12. The topological polar surface area (TPSA) is 96.8 Å². The SMILES string of the molecule is Cc1cc(C#N)cc(C)c1Oc1nc(Nc2ccc(N)cc2)nc2c1SCCC2. The molecule has 0 bridgehead atoms. The van der Waals surface area contributed by atoms with Crippen molar-refractivity contribution >= 4 is 29.1 Å². The Morgan fingerprint density at radius 3 is 2.55 bits per heavy atom. The van der Waals surface area contributed by atoms with Crippen LogP contribution in [0.1, 0.15) is 28.8 Å². The number of thioether (sulfide) groups is 1. The van der Waals surface area contributed by atoms with E-state index >= 15 is 0 Å². The molecule has 1 aliphatic heterocycles. The second-order valence-corrected chi connectivity index (χ2v) is 8.09. The zero-order chi connectivity index (χ0) is 20.4. The molecular weight excluding hydrogens is 382 g/mol. The van der Waals surface area contributed by atoms with Crippen molar-refractivity contribution in [2.24, 2.45) is 0 Å². The largest absolute Gasteiger partial charge is 0.437 e. The molecule has 0 spiro atoms. The van der Waals surface area contributed by atoms with Gasteiger partial charge in [-0.1, -0.05) is 0 Å². The number of hydrogen-bond acceptors (Lipinski definition) is 7. The van der Waals surface area contributed by atoms with Crippen molar-refractivity contribution in [3.05, 3.63) is 58.8 Å². The van der Waals surface area contributed by atoms with E-state index in [-0.39, 0.29) is 0 Å². The van der Waals surface area contributed by atoms with Gasteiger partial charge in [-0.05, 0) is 80.0 Å². The summed E-state index contributed by atoms with van der Waals surface area (Å²) in [5.74, 6) is 2.79. The molecule has 0 saturated carbocycles. The van der Waals surface area contributed by atoms with Gasteiger partial charge in [0.05, 0.1) is 22.2 Å². The molecule has 0 atom stereocenters. The fourth-order valence-corrected chi connectivity index (χ4v) is 4.31. The number of anilines is 3. The maximum atomic E-state index is 9.19. The van der Waals surface area contributed by atoms with Gasteiger partial charge in [-0.25, -0.2) is 4.98 Å². The molecule has 146 valence electrons. The van der Waals surface area contributed by atoms with Crippen molar-refractivity contribution in [3.8, 4) is 17.7 Å². The van der Waals surface area contributed by atoms with E-state index in [2.05, 4.69) is 16.4 Å². The zero-order valence-electron chi connectivity index (χ0n) is 16.3. The van der Waals surface area contributed by atoms with Gasteiger partial charge in [0.15, 0.2) is 0 Å². The number of nitrogens with zero attached hydrogens (tertiary/aromatic N) is 3. The fraction of sp³-hybridized carbons (Fsp3) is 0.227.